The summed E-state index contributed by atoms with van der Waals surface area (Å²) in [6.07, 6.45) is 3.04. The number of hydrogen-bond acceptors (Lipinski definition) is 2. The molecule has 0 aromatic heterocycles. The minimum Gasteiger partial charge on any atom is -0.374 e. The van der Waals surface area contributed by atoms with E-state index in [1.807, 2.05) is 6.07 Å². The lowest BCUT2D eigenvalue weighted by Gasteiger charge is -2.35. The van der Waals surface area contributed by atoms with Crippen LogP contribution in [0.5, 0.6) is 0 Å². The smallest absolute Gasteiger partial charge is 0.0720 e. The third-order valence-electron chi connectivity index (χ3n) is 3.08. The zero-order valence-electron chi connectivity index (χ0n) is 9.89. The number of hydrogen-bond donors (Lipinski definition) is 0. The maximum atomic E-state index is 5.86. The molecule has 0 aliphatic heterocycles. The molecule has 1 aromatic rings. The topological polar surface area (TPSA) is 9.23 Å². The normalized spacial score (nSPS) is 24.1. The molecule has 1 saturated carbocycles. The minimum atomic E-state index is 0.516. The Morgan fingerprint density at radius 3 is 2.69 bits per heavy atom. The van der Waals surface area contributed by atoms with Crippen LogP contribution < -0.4 is 0 Å². The maximum Gasteiger partial charge on any atom is 0.0720 e. The predicted octanol–water partition coefficient (Wildman–Crippen LogP) is 3.73. The van der Waals surface area contributed by atoms with Crippen molar-refractivity contribution in [3.8, 4) is 0 Å². The molecule has 16 heavy (non-hydrogen) atoms. The van der Waals surface area contributed by atoms with Crippen LogP contribution in [0.4, 0.5) is 0 Å². The first-order valence-corrected chi connectivity index (χ1v) is 7.27. The number of ether oxygens (including phenoxy) is 1. The zero-order valence-corrected chi connectivity index (χ0v) is 10.7. The molecule has 0 amide bonds. The van der Waals surface area contributed by atoms with Gasteiger partial charge in [-0.2, -0.15) is 11.8 Å². The van der Waals surface area contributed by atoms with Gasteiger partial charge >= 0.3 is 0 Å². The second-order valence-corrected chi connectivity index (χ2v) is 5.73. The summed E-state index contributed by atoms with van der Waals surface area (Å²) in [5, 5.41) is 0. The molecule has 0 spiro atoms. The first kappa shape index (κ1) is 12.0. The largest absolute Gasteiger partial charge is 0.374 e. The van der Waals surface area contributed by atoms with E-state index in [1.54, 1.807) is 0 Å². The second-order valence-electron chi connectivity index (χ2n) is 4.42. The van der Waals surface area contributed by atoms with Crippen molar-refractivity contribution in [2.45, 2.75) is 32.5 Å². The van der Waals surface area contributed by atoms with Gasteiger partial charge in [0.05, 0.1) is 12.7 Å². The van der Waals surface area contributed by atoms with Gasteiger partial charge in [-0.25, -0.2) is 0 Å². The van der Waals surface area contributed by atoms with E-state index in [-0.39, 0.29) is 0 Å². The standard InChI is InChI=1S/C14H20OS/c1-2-16-11-13-8-14(9-13)15-10-12-6-4-3-5-7-12/h3-7,13-14H,2,8-11H2,1H3. The Hall–Kier alpha value is -0.470. The Labute approximate surface area is 103 Å². The molecule has 0 saturated heterocycles. The highest BCUT2D eigenvalue weighted by Crippen LogP contribution is 2.33. The van der Waals surface area contributed by atoms with E-state index in [1.165, 1.54) is 29.9 Å². The summed E-state index contributed by atoms with van der Waals surface area (Å²) in [7, 11) is 0. The van der Waals surface area contributed by atoms with Crippen molar-refractivity contribution in [1.82, 2.24) is 0 Å². The van der Waals surface area contributed by atoms with Crippen LogP contribution in [0, 0.1) is 5.92 Å². The minimum absolute atomic E-state index is 0.516. The Balaban J connectivity index is 1.60. The van der Waals surface area contributed by atoms with E-state index in [0.29, 0.717) is 6.10 Å². The summed E-state index contributed by atoms with van der Waals surface area (Å²) in [6.45, 7) is 3.01. The van der Waals surface area contributed by atoms with Crippen molar-refractivity contribution in [3.05, 3.63) is 35.9 Å². The third-order valence-corrected chi connectivity index (χ3v) is 4.19. The van der Waals surface area contributed by atoms with Crippen molar-refractivity contribution in [3.63, 3.8) is 0 Å². The molecule has 0 heterocycles. The quantitative estimate of drug-likeness (QED) is 0.744. The number of benzene rings is 1. The van der Waals surface area contributed by atoms with Gasteiger partial charge in [0.1, 0.15) is 0 Å². The highest BCUT2D eigenvalue weighted by Gasteiger charge is 2.29. The Bertz CT molecular complexity index is 293. The van der Waals surface area contributed by atoms with Gasteiger partial charge in [0, 0.05) is 0 Å². The monoisotopic (exact) mass is 236 g/mol. The van der Waals surface area contributed by atoms with Gasteiger partial charge in [-0.15, -0.1) is 0 Å². The van der Waals surface area contributed by atoms with Crippen LogP contribution >= 0.6 is 11.8 Å². The summed E-state index contributed by atoms with van der Waals surface area (Å²) >= 11 is 2.05. The molecule has 2 rings (SSSR count). The Kier molecular flexibility index (Phi) is 4.73. The van der Waals surface area contributed by atoms with Crippen LogP contribution in [0.1, 0.15) is 25.3 Å². The van der Waals surface area contributed by atoms with Gasteiger partial charge in [-0.3, -0.25) is 0 Å². The lowest BCUT2D eigenvalue weighted by atomic mass is 9.84. The van der Waals surface area contributed by atoms with E-state index in [9.17, 15) is 0 Å². The number of rotatable bonds is 6. The summed E-state index contributed by atoms with van der Waals surface area (Å²) in [4.78, 5) is 0. The molecule has 0 N–H and O–H groups in total. The molecule has 1 nitrogen and oxygen atoms in total. The van der Waals surface area contributed by atoms with Crippen LogP contribution in [-0.4, -0.2) is 17.6 Å². The molecule has 0 radical (unpaired) electrons. The van der Waals surface area contributed by atoms with E-state index in [0.717, 1.165) is 12.5 Å². The van der Waals surface area contributed by atoms with Crippen LogP contribution in [0.2, 0.25) is 0 Å². The van der Waals surface area contributed by atoms with Crippen molar-refractivity contribution >= 4 is 11.8 Å². The fraction of sp³-hybridized carbons (Fsp3) is 0.571. The SMILES string of the molecule is CCSCC1CC(OCc2ccccc2)C1. The fourth-order valence-corrected chi connectivity index (χ4v) is 2.86. The molecule has 88 valence electrons. The van der Waals surface area contributed by atoms with Crippen LogP contribution in [0.3, 0.4) is 0 Å². The molecule has 0 bridgehead atoms. The lowest BCUT2D eigenvalue weighted by molar-refractivity contribution is -0.0340. The molecular weight excluding hydrogens is 216 g/mol. The molecule has 1 aromatic carbocycles. The Morgan fingerprint density at radius 2 is 2.00 bits per heavy atom. The van der Waals surface area contributed by atoms with Gasteiger partial charge in [0.25, 0.3) is 0 Å². The first-order valence-electron chi connectivity index (χ1n) is 6.11. The van der Waals surface area contributed by atoms with Crippen molar-refractivity contribution < 1.29 is 4.74 Å². The molecule has 1 fully saturated rings. The molecule has 0 unspecified atom stereocenters. The van der Waals surface area contributed by atoms with Crippen molar-refractivity contribution in [2.75, 3.05) is 11.5 Å². The third kappa shape index (κ3) is 3.53. The van der Waals surface area contributed by atoms with E-state index < -0.39 is 0 Å². The molecular formula is C14H20OS. The van der Waals surface area contributed by atoms with Gasteiger partial charge in [0.15, 0.2) is 0 Å². The highest BCUT2D eigenvalue weighted by molar-refractivity contribution is 7.99. The summed E-state index contributed by atoms with van der Waals surface area (Å²) in [5.41, 5.74) is 1.29. The summed E-state index contributed by atoms with van der Waals surface area (Å²) < 4.78 is 5.86. The molecule has 2 heteroatoms. The summed E-state index contributed by atoms with van der Waals surface area (Å²) in [6, 6.07) is 10.4. The molecule has 1 aliphatic carbocycles. The second kappa shape index (κ2) is 6.31. The predicted molar refractivity (Wildman–Crippen MR) is 70.7 cm³/mol. The summed E-state index contributed by atoms with van der Waals surface area (Å²) in [5.74, 6) is 3.47. The van der Waals surface area contributed by atoms with Gasteiger partial charge in [-0.05, 0) is 35.8 Å². The van der Waals surface area contributed by atoms with Gasteiger partial charge < -0.3 is 4.74 Å². The molecule has 0 atom stereocenters. The van der Waals surface area contributed by atoms with E-state index >= 15 is 0 Å². The van der Waals surface area contributed by atoms with E-state index in [4.69, 9.17) is 4.74 Å². The van der Waals surface area contributed by atoms with Crippen LogP contribution in [-0.2, 0) is 11.3 Å². The maximum absolute atomic E-state index is 5.86. The lowest BCUT2D eigenvalue weighted by Crippen LogP contribution is -2.32. The zero-order chi connectivity index (χ0) is 11.2. The Morgan fingerprint density at radius 1 is 1.25 bits per heavy atom. The number of thioether (sulfide) groups is 1. The van der Waals surface area contributed by atoms with Gasteiger partial charge in [0.2, 0.25) is 0 Å². The van der Waals surface area contributed by atoms with Crippen LogP contribution in [0.15, 0.2) is 30.3 Å². The van der Waals surface area contributed by atoms with Crippen molar-refractivity contribution in [1.29, 1.82) is 0 Å². The van der Waals surface area contributed by atoms with Gasteiger partial charge in [-0.1, -0.05) is 37.3 Å². The average molecular weight is 236 g/mol. The highest BCUT2D eigenvalue weighted by atomic mass is 32.2. The van der Waals surface area contributed by atoms with Crippen molar-refractivity contribution in [2.24, 2.45) is 5.92 Å². The average Bonchev–Trinajstić information content (AvgIpc) is 2.28. The first-order chi connectivity index (χ1) is 7.88. The molecule has 1 aliphatic rings. The van der Waals surface area contributed by atoms with E-state index in [2.05, 4.69) is 43.0 Å². The fourth-order valence-electron chi connectivity index (χ4n) is 2.02. The van der Waals surface area contributed by atoms with Crippen LogP contribution in [0.25, 0.3) is 0 Å².